The van der Waals surface area contributed by atoms with E-state index in [1.165, 1.54) is 6.92 Å². The van der Waals surface area contributed by atoms with Crippen LogP contribution >= 0.6 is 0 Å². The number of carbonyl (C=O) groups excluding carboxylic acids is 1. The quantitative estimate of drug-likeness (QED) is 0.346. The molecule has 0 aromatic heterocycles. The van der Waals surface area contributed by atoms with Crippen LogP contribution in [0.3, 0.4) is 0 Å². The van der Waals surface area contributed by atoms with Crippen molar-refractivity contribution in [3.63, 3.8) is 0 Å². The standard InChI is InChI=1S/C23H39NO16Si10/c1-19-11-15-22(16-12-19)41-27-43(3)31-47(7)35-45(5)29-42(23-17-13-21(14-18-23)26-24-20(2)25)30-46(6)37-49(9,39-47)33-44(4,28-41)34-50(10,38-46)40-48(8,32-43)36-45/h11-18H,1-10H3,(H,24,25). The van der Waals surface area contributed by atoms with Crippen LogP contribution in [0.5, 0.6) is 5.75 Å². The fourth-order valence-electron chi connectivity index (χ4n) is 6.30. The second-order valence-electron chi connectivity index (χ2n) is 13.1. The summed E-state index contributed by atoms with van der Waals surface area (Å²) in [4.78, 5) is 16.7. The first-order valence-corrected chi connectivity index (χ1v) is 36.2. The first-order chi connectivity index (χ1) is 23.1. The van der Waals surface area contributed by atoms with Crippen molar-refractivity contribution in [3.05, 3.63) is 54.1 Å². The third-order valence-corrected chi connectivity index (χ3v) is 47.7. The highest BCUT2D eigenvalue weighted by atomic mass is 28.6. The van der Waals surface area contributed by atoms with Crippen LogP contribution in [-0.2, 0) is 62.4 Å². The molecule has 17 nitrogen and oxygen atoms in total. The molecule has 6 saturated heterocycles. The normalized spacial score (nSPS) is 43.6. The van der Waals surface area contributed by atoms with Crippen molar-refractivity contribution < 1.29 is 67.2 Å². The van der Waals surface area contributed by atoms with E-state index in [0.717, 1.165) is 10.8 Å². The zero-order valence-electron chi connectivity index (χ0n) is 29.2. The molecule has 0 saturated carbocycles. The summed E-state index contributed by atoms with van der Waals surface area (Å²) >= 11 is 0. The van der Waals surface area contributed by atoms with Gasteiger partial charge in [-0.1, -0.05) is 42.0 Å². The van der Waals surface area contributed by atoms with E-state index in [-0.39, 0.29) is 5.91 Å². The maximum atomic E-state index is 11.4. The summed E-state index contributed by atoms with van der Waals surface area (Å²) in [5.41, 5.74) is 3.39. The van der Waals surface area contributed by atoms with Gasteiger partial charge in [-0.25, -0.2) is 0 Å². The molecule has 27 heteroatoms. The highest BCUT2D eigenvalue weighted by Gasteiger charge is 2.74. The summed E-state index contributed by atoms with van der Waals surface area (Å²) in [7, 11) is -36.2. The van der Waals surface area contributed by atoms with Gasteiger partial charge in [0.1, 0.15) is 0 Å². The average molecular weight is 866 g/mol. The zero-order valence-corrected chi connectivity index (χ0v) is 39.2. The zero-order chi connectivity index (χ0) is 36.0. The monoisotopic (exact) mass is 865 g/mol. The molecule has 272 valence electrons. The van der Waals surface area contributed by atoms with Crippen molar-refractivity contribution in [2.45, 2.75) is 66.2 Å². The molecule has 0 spiro atoms. The van der Waals surface area contributed by atoms with Gasteiger partial charge in [0.05, 0.1) is 0 Å². The second kappa shape index (κ2) is 12.7. The summed E-state index contributed by atoms with van der Waals surface area (Å²) in [6.45, 7) is 17.3. The van der Waals surface area contributed by atoms with E-state index in [9.17, 15) is 4.79 Å². The predicted octanol–water partition coefficient (Wildman–Crippen LogP) is 1.37. The van der Waals surface area contributed by atoms with Crippen molar-refractivity contribution in [1.29, 1.82) is 0 Å². The number of amides is 1. The van der Waals surface area contributed by atoms with Gasteiger partial charge in [-0.2, -0.15) is 5.48 Å². The largest absolute Gasteiger partial charge is 0.475 e. The second-order valence-corrected chi connectivity index (χ2v) is 40.6. The summed E-state index contributed by atoms with van der Waals surface area (Å²) < 4.78 is 96.3. The van der Waals surface area contributed by atoms with Gasteiger partial charge < -0.3 is 62.4 Å². The van der Waals surface area contributed by atoms with Gasteiger partial charge in [0.15, 0.2) is 5.75 Å². The molecule has 50 heavy (non-hydrogen) atoms. The van der Waals surface area contributed by atoms with Gasteiger partial charge in [0, 0.05) is 59.3 Å². The van der Waals surface area contributed by atoms with E-state index >= 15 is 0 Å². The number of rotatable bonds is 4. The number of nitrogens with one attached hydrogen (secondary N) is 1. The summed E-state index contributed by atoms with van der Waals surface area (Å²) in [6.07, 6.45) is 0. The smallest absolute Gasteiger partial charge is 0.390 e. The average Bonchev–Trinajstić information content (AvgIpc) is 2.91. The van der Waals surface area contributed by atoms with Gasteiger partial charge >= 0.3 is 89.0 Å². The molecule has 6 heterocycles. The molecule has 1 N–H and O–H groups in total. The van der Waals surface area contributed by atoms with Crippen LogP contribution in [0.4, 0.5) is 0 Å². The number of benzene rings is 2. The first kappa shape index (κ1) is 37.6. The molecular formula is C23H39NO16Si10. The molecular weight excluding hydrogens is 827 g/mol. The Labute approximate surface area is 302 Å². The van der Waals surface area contributed by atoms with Gasteiger partial charge in [-0.3, -0.25) is 4.79 Å². The molecule has 4 unspecified atom stereocenters. The van der Waals surface area contributed by atoms with Crippen LogP contribution in [0, 0.1) is 6.92 Å². The predicted molar refractivity (Wildman–Crippen MR) is 191 cm³/mol. The van der Waals surface area contributed by atoms with Crippen LogP contribution in [0.1, 0.15) is 12.5 Å². The van der Waals surface area contributed by atoms with E-state index in [4.69, 9.17) is 62.4 Å². The number of carbonyl (C=O) groups is 1. The third kappa shape index (κ3) is 8.05. The number of aryl methyl sites for hydroxylation is 1. The molecule has 6 fully saturated rings. The maximum absolute atomic E-state index is 11.4. The van der Waals surface area contributed by atoms with Crippen LogP contribution < -0.4 is 20.7 Å². The maximum Gasteiger partial charge on any atom is 0.475 e. The van der Waals surface area contributed by atoms with Crippen LogP contribution in [0.2, 0.25) is 52.4 Å². The van der Waals surface area contributed by atoms with Gasteiger partial charge in [-0.05, 0) is 29.4 Å². The highest BCUT2D eigenvalue weighted by Crippen LogP contribution is 2.44. The fourth-order valence-corrected chi connectivity index (χ4v) is 55.5. The lowest BCUT2D eigenvalue weighted by Crippen LogP contribution is -2.82. The van der Waals surface area contributed by atoms with Crippen molar-refractivity contribution >= 4 is 105 Å². The Morgan fingerprint density at radius 1 is 0.500 bits per heavy atom. The number of fused-ring (bicyclic) bond motifs is 4. The first-order valence-electron chi connectivity index (χ1n) is 15.7. The molecule has 4 atom stereocenters. The van der Waals surface area contributed by atoms with Crippen molar-refractivity contribution in [2.24, 2.45) is 0 Å². The topological polar surface area (TPSA) is 168 Å². The van der Waals surface area contributed by atoms with Crippen LogP contribution in [0.15, 0.2) is 48.5 Å². The Balaban J connectivity index is 1.40. The Hall–Kier alpha value is -0.681. The van der Waals surface area contributed by atoms with Gasteiger partial charge in [0.25, 0.3) is 0 Å². The van der Waals surface area contributed by atoms with Crippen molar-refractivity contribution in [2.75, 3.05) is 0 Å². The molecule has 8 rings (SSSR count). The fraction of sp³-hybridized carbons (Fsp3) is 0.435. The lowest BCUT2D eigenvalue weighted by Gasteiger charge is -2.56. The highest BCUT2D eigenvalue weighted by molar-refractivity contribution is 7.00. The van der Waals surface area contributed by atoms with Gasteiger partial charge in [-0.15, -0.1) is 0 Å². The Morgan fingerprint density at radius 2 is 0.780 bits per heavy atom. The lowest BCUT2D eigenvalue weighted by molar-refractivity contribution is -0.125. The van der Waals surface area contributed by atoms with E-state index in [0.29, 0.717) is 10.9 Å². The minimum atomic E-state index is -3.94. The molecule has 0 aliphatic carbocycles. The SMILES string of the molecule is CC(=O)NOc1ccc([Si]2O[Si]3(C)O[Si]4(C)O[Si]5(C)O[Si](c6ccc(C)cc6)O[Si]6(C)O[Si](C)(O[Si](C)(O2)O[Si](C)(O6)O[Si](C)(O5)O3)O4)cc1. The van der Waals surface area contributed by atoms with E-state index in [1.54, 1.807) is 76.6 Å². The van der Waals surface area contributed by atoms with E-state index in [1.807, 2.05) is 31.2 Å². The molecule has 6 aliphatic rings. The van der Waals surface area contributed by atoms with Crippen LogP contribution in [-0.4, -0.2) is 94.9 Å². The van der Waals surface area contributed by atoms with Crippen molar-refractivity contribution in [1.82, 2.24) is 5.48 Å². The molecule has 1 amide bonds. The summed E-state index contributed by atoms with van der Waals surface area (Å²) in [5.74, 6) is 0.0546. The Bertz CT molecular complexity index is 1550. The molecule has 2 aromatic rings. The molecule has 2 radical (unpaired) electrons. The summed E-state index contributed by atoms with van der Waals surface area (Å²) in [5, 5.41) is 1.45. The molecule has 8 bridgehead atoms. The molecule has 2 aromatic carbocycles. The van der Waals surface area contributed by atoms with E-state index in [2.05, 4.69) is 5.48 Å². The van der Waals surface area contributed by atoms with Crippen molar-refractivity contribution in [3.8, 4) is 5.75 Å². The lowest BCUT2D eigenvalue weighted by atomic mass is 10.2. The summed E-state index contributed by atoms with van der Waals surface area (Å²) in [6, 6.07) is 14.7. The number of hydroxylamine groups is 1. The minimum absolute atomic E-state index is 0.345. The number of hydrogen-bond acceptors (Lipinski definition) is 16. The third-order valence-electron chi connectivity index (χ3n) is 7.51. The Morgan fingerprint density at radius 3 is 1.08 bits per heavy atom. The molecule has 6 aliphatic heterocycles. The van der Waals surface area contributed by atoms with Gasteiger partial charge in [0.2, 0.25) is 5.91 Å². The van der Waals surface area contributed by atoms with Crippen LogP contribution in [0.25, 0.3) is 0 Å². The minimum Gasteiger partial charge on any atom is -0.390 e. The van der Waals surface area contributed by atoms with E-state index < -0.39 is 89.0 Å². The Kier molecular flexibility index (Phi) is 9.55. The number of hydrogen-bond donors (Lipinski definition) is 1.